The number of benzene rings is 1. The molecule has 7 nitrogen and oxygen atoms in total. The molecule has 3 heterocycles. The van der Waals surface area contributed by atoms with E-state index < -0.39 is 9.84 Å². The van der Waals surface area contributed by atoms with Crippen LogP contribution < -0.4 is 4.90 Å². The van der Waals surface area contributed by atoms with Crippen LogP contribution in [-0.4, -0.2) is 73.0 Å². The van der Waals surface area contributed by atoms with Gasteiger partial charge in [0.15, 0.2) is 15.6 Å². The van der Waals surface area contributed by atoms with E-state index in [1.807, 2.05) is 36.6 Å². The number of carbonyl (C=O) groups excluding carboxylic acids is 1. The van der Waals surface area contributed by atoms with Crippen LogP contribution >= 0.6 is 0 Å². The quantitative estimate of drug-likeness (QED) is 0.731. The number of hydrogen-bond acceptors (Lipinski definition) is 6. The molecule has 0 spiro atoms. The van der Waals surface area contributed by atoms with Crippen LogP contribution in [-0.2, 0) is 9.84 Å². The Morgan fingerprint density at radius 3 is 2.37 bits per heavy atom. The predicted octanol–water partition coefficient (Wildman–Crippen LogP) is 2.18. The second-order valence-electron chi connectivity index (χ2n) is 8.41. The molecule has 30 heavy (non-hydrogen) atoms. The van der Waals surface area contributed by atoms with Crippen LogP contribution in [0, 0.1) is 13.8 Å². The third-order valence-electron chi connectivity index (χ3n) is 6.31. The number of phenolic OH excluding ortho intramolecular Hbond substituents is 1. The molecular weight excluding hydrogens is 402 g/mol. The number of Topliss-reactive ketones (excluding diaryl/α,β-unsaturated/α-hetero) is 1. The highest BCUT2D eigenvalue weighted by molar-refractivity contribution is 7.91. The maximum atomic E-state index is 13.0. The van der Waals surface area contributed by atoms with Crippen LogP contribution in [0.25, 0.3) is 0 Å². The van der Waals surface area contributed by atoms with E-state index in [1.165, 1.54) is 0 Å². The molecule has 2 saturated heterocycles. The first kappa shape index (κ1) is 20.9. The van der Waals surface area contributed by atoms with Gasteiger partial charge in [-0.25, -0.2) is 8.42 Å². The lowest BCUT2D eigenvalue weighted by Crippen LogP contribution is -2.48. The second-order valence-corrected chi connectivity index (χ2v) is 10.6. The van der Waals surface area contributed by atoms with E-state index in [4.69, 9.17) is 0 Å². The second kappa shape index (κ2) is 8.07. The number of ketones is 1. The van der Waals surface area contributed by atoms with Crippen molar-refractivity contribution in [2.75, 3.05) is 49.1 Å². The van der Waals surface area contributed by atoms with E-state index in [1.54, 1.807) is 12.1 Å². The van der Waals surface area contributed by atoms with Crippen molar-refractivity contribution in [2.45, 2.75) is 26.3 Å². The van der Waals surface area contributed by atoms with E-state index in [0.717, 1.165) is 43.3 Å². The van der Waals surface area contributed by atoms with Gasteiger partial charge in [-0.2, -0.15) is 0 Å². The molecular formula is C22H29N3O4S. The van der Waals surface area contributed by atoms with Gasteiger partial charge in [0.1, 0.15) is 5.75 Å². The van der Waals surface area contributed by atoms with E-state index in [-0.39, 0.29) is 29.1 Å². The van der Waals surface area contributed by atoms with Crippen LogP contribution in [0.2, 0.25) is 0 Å². The van der Waals surface area contributed by atoms with Gasteiger partial charge in [-0.3, -0.25) is 9.69 Å². The van der Waals surface area contributed by atoms with Crippen molar-refractivity contribution in [3.63, 3.8) is 0 Å². The molecule has 2 aliphatic heterocycles. The Balaban J connectivity index is 1.39. The minimum Gasteiger partial charge on any atom is -0.508 e. The highest BCUT2D eigenvalue weighted by Gasteiger charge is 2.32. The zero-order valence-electron chi connectivity index (χ0n) is 17.5. The molecule has 2 fully saturated rings. The number of rotatable bonds is 5. The van der Waals surface area contributed by atoms with Gasteiger partial charge in [0.05, 0.1) is 18.1 Å². The third kappa shape index (κ3) is 4.25. The lowest BCUT2D eigenvalue weighted by Gasteiger charge is -2.35. The molecule has 0 aliphatic carbocycles. The van der Waals surface area contributed by atoms with Gasteiger partial charge >= 0.3 is 0 Å². The molecule has 162 valence electrons. The highest BCUT2D eigenvalue weighted by atomic mass is 32.2. The van der Waals surface area contributed by atoms with Gasteiger partial charge in [-0.05, 0) is 50.6 Å². The Hall–Kier alpha value is -2.32. The maximum absolute atomic E-state index is 13.0. The van der Waals surface area contributed by atoms with Crippen molar-refractivity contribution in [1.29, 1.82) is 0 Å². The molecule has 8 heteroatoms. The number of phenols is 1. The fourth-order valence-corrected chi connectivity index (χ4v) is 6.42. The minimum absolute atomic E-state index is 0.0644. The number of aromatic nitrogens is 1. The van der Waals surface area contributed by atoms with Gasteiger partial charge in [0, 0.05) is 54.9 Å². The number of piperazine rings is 1. The Morgan fingerprint density at radius 2 is 1.77 bits per heavy atom. The molecule has 0 unspecified atom stereocenters. The number of aromatic hydroxyl groups is 1. The van der Waals surface area contributed by atoms with Crippen molar-refractivity contribution in [3.05, 3.63) is 47.3 Å². The summed E-state index contributed by atoms with van der Waals surface area (Å²) in [4.78, 5) is 17.4. The number of nitrogens with zero attached hydrogens (tertiary/aromatic N) is 3. The lowest BCUT2D eigenvalue weighted by molar-refractivity contribution is 0.0925. The van der Waals surface area contributed by atoms with Crippen molar-refractivity contribution >= 4 is 21.3 Å². The Kier molecular flexibility index (Phi) is 5.63. The standard InChI is InChI=1S/C22H29N3O4S/c1-16-13-21(17(2)25(16)19-7-12-30(28,29)15-19)22(27)14-23-8-10-24(11-9-23)18-3-5-20(26)6-4-18/h3-6,13,19,26H,7-12,14-15H2,1-2H3/t19-/m1/s1. The molecule has 0 radical (unpaired) electrons. The normalized spacial score (nSPS) is 21.8. The average molecular weight is 432 g/mol. The van der Waals surface area contributed by atoms with Crippen LogP contribution in [0.4, 0.5) is 5.69 Å². The Morgan fingerprint density at radius 1 is 1.10 bits per heavy atom. The fourth-order valence-electron chi connectivity index (χ4n) is 4.72. The first-order valence-corrected chi connectivity index (χ1v) is 12.2. The number of sulfone groups is 1. The summed E-state index contributed by atoms with van der Waals surface area (Å²) in [5.41, 5.74) is 3.61. The minimum atomic E-state index is -2.97. The molecule has 0 saturated carbocycles. The van der Waals surface area contributed by atoms with Crippen molar-refractivity contribution < 1.29 is 18.3 Å². The molecule has 1 atom stereocenters. The van der Waals surface area contributed by atoms with Crippen molar-refractivity contribution in [1.82, 2.24) is 9.47 Å². The van der Waals surface area contributed by atoms with Crippen LogP contribution in [0.15, 0.2) is 30.3 Å². The number of anilines is 1. The summed E-state index contributed by atoms with van der Waals surface area (Å²) in [6.45, 7) is 7.50. The van der Waals surface area contributed by atoms with Crippen LogP contribution in [0.1, 0.15) is 34.2 Å². The summed E-state index contributed by atoms with van der Waals surface area (Å²) in [6.07, 6.45) is 0.617. The molecule has 1 N–H and O–H groups in total. The topological polar surface area (TPSA) is 82.8 Å². The molecule has 1 aromatic carbocycles. The van der Waals surface area contributed by atoms with Gasteiger partial charge < -0.3 is 14.6 Å². The smallest absolute Gasteiger partial charge is 0.178 e. The zero-order chi connectivity index (χ0) is 21.5. The van der Waals surface area contributed by atoms with Gasteiger partial charge in [0.25, 0.3) is 0 Å². The molecule has 0 amide bonds. The Labute approximate surface area is 177 Å². The fraction of sp³-hybridized carbons (Fsp3) is 0.500. The molecule has 2 aliphatic rings. The van der Waals surface area contributed by atoms with Crippen LogP contribution in [0.5, 0.6) is 5.75 Å². The summed E-state index contributed by atoms with van der Waals surface area (Å²) in [5, 5.41) is 9.45. The third-order valence-corrected chi connectivity index (χ3v) is 8.06. The van der Waals surface area contributed by atoms with Crippen LogP contribution in [0.3, 0.4) is 0 Å². The average Bonchev–Trinajstić information content (AvgIpc) is 3.21. The molecule has 2 aromatic rings. The number of carbonyl (C=O) groups is 1. The van der Waals surface area contributed by atoms with Gasteiger partial charge in [-0.1, -0.05) is 0 Å². The lowest BCUT2D eigenvalue weighted by atomic mass is 10.1. The zero-order valence-corrected chi connectivity index (χ0v) is 18.4. The first-order valence-electron chi connectivity index (χ1n) is 10.4. The summed E-state index contributed by atoms with van der Waals surface area (Å²) >= 11 is 0. The summed E-state index contributed by atoms with van der Waals surface area (Å²) in [7, 11) is -2.97. The molecule has 1 aromatic heterocycles. The SMILES string of the molecule is Cc1cc(C(=O)CN2CCN(c3ccc(O)cc3)CC2)c(C)n1[C@@H]1CCS(=O)(=O)C1. The summed E-state index contributed by atoms with van der Waals surface area (Å²) in [6, 6.07) is 9.05. The van der Waals surface area contributed by atoms with E-state index in [9.17, 15) is 18.3 Å². The van der Waals surface area contributed by atoms with E-state index >= 15 is 0 Å². The monoisotopic (exact) mass is 431 g/mol. The molecule has 4 rings (SSSR count). The Bertz CT molecular complexity index is 1040. The predicted molar refractivity (Wildman–Crippen MR) is 117 cm³/mol. The van der Waals surface area contributed by atoms with Gasteiger partial charge in [0.2, 0.25) is 0 Å². The van der Waals surface area contributed by atoms with Crippen molar-refractivity contribution in [2.24, 2.45) is 0 Å². The van der Waals surface area contributed by atoms with Crippen molar-refractivity contribution in [3.8, 4) is 5.75 Å². The largest absolute Gasteiger partial charge is 0.508 e. The first-order chi connectivity index (χ1) is 14.2. The molecule has 0 bridgehead atoms. The summed E-state index contributed by atoms with van der Waals surface area (Å²) < 4.78 is 25.8. The number of hydrogen-bond donors (Lipinski definition) is 1. The van der Waals surface area contributed by atoms with Gasteiger partial charge in [-0.15, -0.1) is 0 Å². The van der Waals surface area contributed by atoms with E-state index in [0.29, 0.717) is 18.5 Å². The summed E-state index contributed by atoms with van der Waals surface area (Å²) in [5.74, 6) is 0.739. The number of aryl methyl sites for hydroxylation is 1. The maximum Gasteiger partial charge on any atom is 0.178 e. The van der Waals surface area contributed by atoms with E-state index in [2.05, 4.69) is 9.80 Å². The highest BCUT2D eigenvalue weighted by Crippen LogP contribution is 2.29.